The fourth-order valence-corrected chi connectivity index (χ4v) is 3.83. The fourth-order valence-electron chi connectivity index (χ4n) is 2.93. The van der Waals surface area contributed by atoms with Crippen molar-refractivity contribution in [2.45, 2.75) is 18.7 Å². The first-order valence-corrected chi connectivity index (χ1v) is 15.6. The minimum atomic E-state index is -3.78. The molecule has 0 spiro atoms. The quantitative estimate of drug-likeness (QED) is 0.0526. The zero-order valence-corrected chi connectivity index (χ0v) is 26.3. The van der Waals surface area contributed by atoms with Crippen LogP contribution in [0.5, 0.6) is 0 Å². The first-order valence-electron chi connectivity index (χ1n) is 14.2. The van der Waals surface area contributed by atoms with Crippen LogP contribution in [0.3, 0.4) is 0 Å². The van der Waals surface area contributed by atoms with Gasteiger partial charge in [0, 0.05) is 5.57 Å². The molecule has 0 aliphatic heterocycles. The van der Waals surface area contributed by atoms with Gasteiger partial charge in [-0.2, -0.15) is 8.42 Å². The lowest BCUT2D eigenvalue weighted by Gasteiger charge is -2.09. The van der Waals surface area contributed by atoms with Crippen LogP contribution in [0.15, 0.2) is 41.3 Å². The molecule has 1 aromatic rings. The van der Waals surface area contributed by atoms with Crippen LogP contribution in [0.4, 0.5) is 0 Å². The lowest BCUT2D eigenvalue weighted by molar-refractivity contribution is -0.140. The number of aryl methyl sites for hydroxylation is 1. The van der Waals surface area contributed by atoms with Gasteiger partial charge in [-0.05, 0) is 26.0 Å². The van der Waals surface area contributed by atoms with Crippen molar-refractivity contribution in [3.8, 4) is 0 Å². The van der Waals surface area contributed by atoms with Crippen molar-refractivity contribution >= 4 is 16.1 Å². The van der Waals surface area contributed by atoms with Crippen LogP contribution in [0.25, 0.3) is 0 Å². The van der Waals surface area contributed by atoms with Gasteiger partial charge < -0.3 is 42.6 Å². The molecule has 14 heteroatoms. The maximum Gasteiger partial charge on any atom is 0.333 e. The Labute approximate surface area is 255 Å². The van der Waals surface area contributed by atoms with Crippen LogP contribution >= 0.6 is 0 Å². The number of carbonyl (C=O) groups is 1. The van der Waals surface area contributed by atoms with Crippen LogP contribution in [0.2, 0.25) is 0 Å². The van der Waals surface area contributed by atoms with Crippen molar-refractivity contribution in [2.75, 3.05) is 119 Å². The maximum atomic E-state index is 12.1. The van der Waals surface area contributed by atoms with Gasteiger partial charge in [-0.15, -0.1) is 0 Å². The van der Waals surface area contributed by atoms with E-state index in [1.807, 2.05) is 6.92 Å². The van der Waals surface area contributed by atoms with Crippen molar-refractivity contribution < 1.29 is 60.0 Å². The third-order valence-corrected chi connectivity index (χ3v) is 6.52. The molecule has 0 aliphatic carbocycles. The number of esters is 1. The molecule has 0 fully saturated rings. The van der Waals surface area contributed by atoms with E-state index < -0.39 is 16.1 Å². The molecular weight excluding hydrogens is 588 g/mol. The topological polar surface area (TPSA) is 144 Å². The SMILES string of the molecule is C=C(C)C(=O)OCCOCCOCCOCCOCCOCCOCCOCCOCCOS(=O)(=O)c1ccc(C)cc1. The van der Waals surface area contributed by atoms with Gasteiger partial charge in [0.15, 0.2) is 0 Å². The highest BCUT2D eigenvalue weighted by Crippen LogP contribution is 2.12. The molecule has 43 heavy (non-hydrogen) atoms. The molecule has 0 aliphatic rings. The van der Waals surface area contributed by atoms with E-state index >= 15 is 0 Å². The van der Waals surface area contributed by atoms with Gasteiger partial charge in [-0.25, -0.2) is 4.79 Å². The van der Waals surface area contributed by atoms with E-state index in [1.165, 1.54) is 12.1 Å². The van der Waals surface area contributed by atoms with Gasteiger partial charge >= 0.3 is 5.97 Å². The van der Waals surface area contributed by atoms with Crippen molar-refractivity contribution in [1.82, 2.24) is 0 Å². The molecule has 0 N–H and O–H groups in total. The number of rotatable bonds is 30. The van der Waals surface area contributed by atoms with E-state index in [4.69, 9.17) is 46.8 Å². The third kappa shape index (κ3) is 23.1. The number of carbonyl (C=O) groups excluding carboxylic acids is 1. The van der Waals surface area contributed by atoms with Gasteiger partial charge in [0.25, 0.3) is 10.1 Å². The number of hydrogen-bond acceptors (Lipinski definition) is 13. The molecule has 0 saturated heterocycles. The standard InChI is InChI=1S/C29H48O13S/c1-26(2)29(30)41-24-22-39-20-18-37-16-14-35-12-10-33-8-9-34-11-13-36-15-17-38-19-21-40-23-25-42-43(31,32)28-6-4-27(3)5-7-28/h4-7H,1,8-25H2,2-3H3. The highest BCUT2D eigenvalue weighted by molar-refractivity contribution is 7.86. The molecule has 0 heterocycles. The Morgan fingerprint density at radius 2 is 0.860 bits per heavy atom. The highest BCUT2D eigenvalue weighted by Gasteiger charge is 2.14. The summed E-state index contributed by atoms with van der Waals surface area (Å²) in [5.41, 5.74) is 1.33. The lowest BCUT2D eigenvalue weighted by Crippen LogP contribution is -2.16. The van der Waals surface area contributed by atoms with Gasteiger partial charge in [-0.3, -0.25) is 4.18 Å². The van der Waals surface area contributed by atoms with Gasteiger partial charge in [0.2, 0.25) is 0 Å². The molecule has 248 valence electrons. The first-order chi connectivity index (χ1) is 20.8. The summed E-state index contributed by atoms with van der Waals surface area (Å²) >= 11 is 0. The Balaban J connectivity index is 1.72. The van der Waals surface area contributed by atoms with Crippen LogP contribution in [-0.4, -0.2) is 133 Å². The number of ether oxygens (including phenoxy) is 9. The molecule has 0 amide bonds. The minimum Gasteiger partial charge on any atom is -0.460 e. The smallest absolute Gasteiger partial charge is 0.333 e. The molecular formula is C29H48O13S. The zero-order valence-electron chi connectivity index (χ0n) is 25.5. The number of benzene rings is 1. The second kappa shape index (κ2) is 26.4. The third-order valence-electron chi connectivity index (χ3n) is 5.19. The molecule has 1 aromatic carbocycles. The Morgan fingerprint density at radius 3 is 1.19 bits per heavy atom. The second-order valence-electron chi connectivity index (χ2n) is 8.90. The Morgan fingerprint density at radius 1 is 0.558 bits per heavy atom. The lowest BCUT2D eigenvalue weighted by atomic mass is 10.2. The van der Waals surface area contributed by atoms with Crippen molar-refractivity contribution in [3.63, 3.8) is 0 Å². The summed E-state index contributed by atoms with van der Waals surface area (Å²) < 4.78 is 77.1. The molecule has 0 unspecified atom stereocenters. The minimum absolute atomic E-state index is 0.0634. The summed E-state index contributed by atoms with van der Waals surface area (Å²) in [6.07, 6.45) is 0. The van der Waals surface area contributed by atoms with Gasteiger partial charge in [0.1, 0.15) is 6.61 Å². The monoisotopic (exact) mass is 636 g/mol. The van der Waals surface area contributed by atoms with Crippen LogP contribution in [0.1, 0.15) is 12.5 Å². The Hall–Kier alpha value is -1.98. The summed E-state index contributed by atoms with van der Waals surface area (Å²) in [7, 11) is -3.78. The predicted octanol–water partition coefficient (Wildman–Crippen LogP) is 1.95. The number of hydrogen-bond donors (Lipinski definition) is 0. The largest absolute Gasteiger partial charge is 0.460 e. The molecule has 1 rings (SSSR count). The average Bonchev–Trinajstić information content (AvgIpc) is 2.98. The molecule has 0 saturated carbocycles. The van der Waals surface area contributed by atoms with E-state index in [1.54, 1.807) is 19.1 Å². The van der Waals surface area contributed by atoms with E-state index in [0.717, 1.165) is 5.56 Å². The van der Waals surface area contributed by atoms with E-state index in [0.29, 0.717) is 105 Å². The van der Waals surface area contributed by atoms with Crippen molar-refractivity contribution in [2.24, 2.45) is 0 Å². The molecule has 0 aromatic heterocycles. The van der Waals surface area contributed by atoms with Gasteiger partial charge in [0.05, 0.1) is 117 Å². The average molecular weight is 637 g/mol. The van der Waals surface area contributed by atoms with Crippen molar-refractivity contribution in [1.29, 1.82) is 0 Å². The van der Waals surface area contributed by atoms with Crippen LogP contribution in [0, 0.1) is 6.92 Å². The summed E-state index contributed by atoms with van der Waals surface area (Å²) in [5, 5.41) is 0. The summed E-state index contributed by atoms with van der Waals surface area (Å²) in [5.74, 6) is -0.421. The first kappa shape index (κ1) is 39.0. The van der Waals surface area contributed by atoms with E-state index in [2.05, 4.69) is 6.58 Å². The van der Waals surface area contributed by atoms with E-state index in [9.17, 15) is 13.2 Å². The molecule has 0 bridgehead atoms. The predicted molar refractivity (Wildman–Crippen MR) is 157 cm³/mol. The molecule has 13 nitrogen and oxygen atoms in total. The Kier molecular flexibility index (Phi) is 24.0. The molecule has 0 atom stereocenters. The van der Waals surface area contributed by atoms with E-state index in [-0.39, 0.29) is 24.7 Å². The summed E-state index contributed by atoms with van der Waals surface area (Å²) in [6, 6.07) is 6.46. The zero-order chi connectivity index (χ0) is 31.4. The maximum absolute atomic E-state index is 12.1. The fraction of sp³-hybridized carbons (Fsp3) is 0.690. The van der Waals surface area contributed by atoms with Crippen LogP contribution < -0.4 is 0 Å². The Bertz CT molecular complexity index is 938. The van der Waals surface area contributed by atoms with Crippen molar-refractivity contribution in [3.05, 3.63) is 42.0 Å². The summed E-state index contributed by atoms with van der Waals surface area (Å²) in [4.78, 5) is 11.3. The normalized spacial score (nSPS) is 11.6. The summed E-state index contributed by atoms with van der Waals surface area (Å²) in [6.45, 7) is 13.6. The van der Waals surface area contributed by atoms with Gasteiger partial charge in [-0.1, -0.05) is 24.3 Å². The highest BCUT2D eigenvalue weighted by atomic mass is 32.2. The molecule has 0 radical (unpaired) electrons. The van der Waals surface area contributed by atoms with Crippen LogP contribution in [-0.2, 0) is 61.7 Å². The second-order valence-corrected chi connectivity index (χ2v) is 10.5.